The van der Waals surface area contributed by atoms with Crippen LogP contribution in [0.15, 0.2) is 0 Å². The number of hydrogen-bond acceptors (Lipinski definition) is 4. The molecular weight excluding hydrogens is 162 g/mol. The van der Waals surface area contributed by atoms with Crippen LogP contribution in [-0.4, -0.2) is 32.3 Å². The van der Waals surface area contributed by atoms with Gasteiger partial charge in [-0.15, -0.1) is 0 Å². The van der Waals surface area contributed by atoms with E-state index in [4.69, 9.17) is 0 Å². The van der Waals surface area contributed by atoms with E-state index in [9.17, 15) is 9.59 Å². The molecule has 69 valence electrons. The van der Waals surface area contributed by atoms with E-state index in [1.54, 1.807) is 6.92 Å². The quantitative estimate of drug-likeness (QED) is 0.459. The first-order valence-electron chi connectivity index (χ1n) is 3.36. The molecule has 1 unspecified atom stereocenters. The van der Waals surface area contributed by atoms with Gasteiger partial charge in [-0.05, 0) is 0 Å². The lowest BCUT2D eigenvalue weighted by molar-refractivity contribution is -0.156. The largest absolute Gasteiger partial charge is 0.466 e. The van der Waals surface area contributed by atoms with Gasteiger partial charge < -0.3 is 14.8 Å². The van der Waals surface area contributed by atoms with E-state index >= 15 is 0 Å². The van der Waals surface area contributed by atoms with E-state index in [1.165, 1.54) is 20.6 Å². The van der Waals surface area contributed by atoms with Crippen molar-refractivity contribution in [3.8, 4) is 0 Å². The van der Waals surface area contributed by atoms with Crippen LogP contribution in [0.3, 0.4) is 0 Å². The summed E-state index contributed by atoms with van der Waals surface area (Å²) in [6.07, 6.45) is 0.258. The molecule has 1 N–H and O–H groups in total. The van der Waals surface area contributed by atoms with Crippen molar-refractivity contribution in [2.45, 2.75) is 13.2 Å². The summed E-state index contributed by atoms with van der Waals surface area (Å²) in [4.78, 5) is 21.6. The average Bonchev–Trinajstić information content (AvgIpc) is 2.12. The van der Waals surface area contributed by atoms with Gasteiger partial charge in [0.25, 0.3) is 0 Å². The number of amides is 1. The lowest BCUT2D eigenvalue weighted by Gasteiger charge is -2.13. The summed E-state index contributed by atoms with van der Waals surface area (Å²) in [6.45, 7) is 1.55. The third kappa shape index (κ3) is 3.34. The molecule has 0 bridgehead atoms. The van der Waals surface area contributed by atoms with Crippen LogP contribution < -0.4 is 5.32 Å². The predicted molar refractivity (Wildman–Crippen MR) is 40.9 cm³/mol. The van der Waals surface area contributed by atoms with Gasteiger partial charge in [-0.3, -0.25) is 4.79 Å². The molecule has 12 heavy (non-hydrogen) atoms. The van der Waals surface area contributed by atoms with Gasteiger partial charge in [0.05, 0.1) is 7.11 Å². The van der Waals surface area contributed by atoms with Crippen molar-refractivity contribution in [2.24, 2.45) is 0 Å². The Hall–Kier alpha value is -1.10. The second-order valence-corrected chi connectivity index (χ2v) is 1.94. The van der Waals surface area contributed by atoms with Gasteiger partial charge in [0.2, 0.25) is 12.1 Å². The average molecular weight is 174 g/mol. The first kappa shape index (κ1) is 10.9. The zero-order valence-electron chi connectivity index (χ0n) is 7.29. The van der Waals surface area contributed by atoms with Crippen molar-refractivity contribution in [3.63, 3.8) is 0 Å². The maximum absolute atomic E-state index is 10.8. The Morgan fingerprint density at radius 2 is 2.00 bits per heavy atom. The van der Waals surface area contributed by atoms with Crippen LogP contribution in [0.4, 0.5) is 0 Å². The highest BCUT2D eigenvalue weighted by molar-refractivity contribution is 5.88. The molecular formula is C7H12NO4. The van der Waals surface area contributed by atoms with E-state index in [1.807, 2.05) is 0 Å². The molecule has 5 nitrogen and oxygen atoms in total. The predicted octanol–water partition coefficient (Wildman–Crippen LogP) is -0.528. The molecule has 0 saturated carbocycles. The molecule has 0 aromatic carbocycles. The smallest absolute Gasteiger partial charge is 0.356 e. The Balaban J connectivity index is 3.99. The third-order valence-electron chi connectivity index (χ3n) is 1.19. The molecule has 0 fully saturated rings. The molecule has 1 amide bonds. The number of ether oxygens (including phenoxy) is 2. The molecule has 5 heteroatoms. The summed E-state index contributed by atoms with van der Waals surface area (Å²) in [6, 6.07) is 0. The summed E-state index contributed by atoms with van der Waals surface area (Å²) in [5.41, 5.74) is 0. The van der Waals surface area contributed by atoms with E-state index in [0.29, 0.717) is 0 Å². The minimum atomic E-state index is -1.03. The normalized spacial score (nSPS) is 11.9. The van der Waals surface area contributed by atoms with E-state index in [0.717, 1.165) is 0 Å². The van der Waals surface area contributed by atoms with Crippen molar-refractivity contribution < 1.29 is 19.1 Å². The lowest BCUT2D eigenvalue weighted by Crippen LogP contribution is -2.42. The molecule has 0 aliphatic heterocycles. The highest BCUT2D eigenvalue weighted by Gasteiger charge is 2.19. The highest BCUT2D eigenvalue weighted by Crippen LogP contribution is 1.89. The van der Waals surface area contributed by atoms with Gasteiger partial charge in [-0.25, -0.2) is 4.79 Å². The zero-order chi connectivity index (χ0) is 9.56. The van der Waals surface area contributed by atoms with Crippen LogP contribution in [0.25, 0.3) is 0 Å². The molecule has 0 aliphatic carbocycles. The number of carbonyl (C=O) groups is 2. The number of rotatable bonds is 4. The van der Waals surface area contributed by atoms with E-state index in [-0.39, 0.29) is 5.91 Å². The van der Waals surface area contributed by atoms with Crippen LogP contribution in [0.2, 0.25) is 0 Å². The van der Waals surface area contributed by atoms with Crippen molar-refractivity contribution in [1.29, 1.82) is 0 Å². The fraction of sp³-hybridized carbons (Fsp3) is 0.571. The van der Waals surface area contributed by atoms with Gasteiger partial charge in [-0.1, -0.05) is 6.92 Å². The highest BCUT2D eigenvalue weighted by atomic mass is 16.6. The van der Waals surface area contributed by atoms with Crippen molar-refractivity contribution in [2.75, 3.05) is 14.2 Å². The second-order valence-electron chi connectivity index (χ2n) is 1.94. The third-order valence-corrected chi connectivity index (χ3v) is 1.19. The maximum Gasteiger partial charge on any atom is 0.356 e. The maximum atomic E-state index is 10.8. The molecule has 0 saturated heterocycles. The van der Waals surface area contributed by atoms with Gasteiger partial charge in [0, 0.05) is 13.5 Å². The topological polar surface area (TPSA) is 64.6 Å². The molecule has 0 aliphatic rings. The molecule has 0 aromatic heterocycles. The van der Waals surface area contributed by atoms with Crippen LogP contribution in [0.1, 0.15) is 6.92 Å². The lowest BCUT2D eigenvalue weighted by atomic mass is 10.4. The summed E-state index contributed by atoms with van der Waals surface area (Å²) >= 11 is 0. The number of nitrogens with one attached hydrogen (secondary N) is 1. The summed E-state index contributed by atoms with van der Waals surface area (Å²) < 4.78 is 9.01. The summed E-state index contributed by atoms with van der Waals surface area (Å²) in [7, 11) is 2.52. The minimum Gasteiger partial charge on any atom is -0.466 e. The summed E-state index contributed by atoms with van der Waals surface area (Å²) in [5.74, 6) is -1.01. The second kappa shape index (κ2) is 5.54. The molecule has 1 atom stereocenters. The fourth-order valence-electron chi connectivity index (χ4n) is 0.534. The number of esters is 1. The molecule has 1 radical (unpaired) electrons. The fourth-order valence-corrected chi connectivity index (χ4v) is 0.534. The number of methoxy groups -OCH3 is 2. The number of carbonyl (C=O) groups excluding carboxylic acids is 2. The Kier molecular flexibility index (Phi) is 5.03. The van der Waals surface area contributed by atoms with E-state index in [2.05, 4.69) is 14.8 Å². The minimum absolute atomic E-state index is 0.382. The van der Waals surface area contributed by atoms with Gasteiger partial charge >= 0.3 is 5.97 Å². The standard InChI is InChI=1S/C7H12NO4/c1-4-5(9)8-6(11-2)7(10)12-3/h4,6H,1-3H3,(H,8,9). The van der Waals surface area contributed by atoms with Crippen molar-refractivity contribution in [1.82, 2.24) is 5.32 Å². The van der Waals surface area contributed by atoms with Crippen LogP contribution >= 0.6 is 0 Å². The molecule has 0 spiro atoms. The van der Waals surface area contributed by atoms with Gasteiger partial charge in [0.1, 0.15) is 0 Å². The van der Waals surface area contributed by atoms with Gasteiger partial charge in [0.15, 0.2) is 0 Å². The Morgan fingerprint density at radius 3 is 2.33 bits per heavy atom. The molecule has 0 heterocycles. The SMILES string of the molecule is C[CH]C(=O)NC(OC)C(=O)OC. The van der Waals surface area contributed by atoms with E-state index < -0.39 is 12.2 Å². The Bertz CT molecular complexity index is 169. The monoisotopic (exact) mass is 174 g/mol. The molecule has 0 aromatic rings. The van der Waals surface area contributed by atoms with Crippen LogP contribution in [0, 0.1) is 6.42 Å². The Labute approximate surface area is 71.0 Å². The van der Waals surface area contributed by atoms with Gasteiger partial charge in [-0.2, -0.15) is 0 Å². The van der Waals surface area contributed by atoms with Crippen molar-refractivity contribution >= 4 is 11.9 Å². The zero-order valence-corrected chi connectivity index (χ0v) is 7.29. The van der Waals surface area contributed by atoms with Crippen LogP contribution in [-0.2, 0) is 19.1 Å². The summed E-state index contributed by atoms with van der Waals surface area (Å²) in [5, 5.41) is 2.28. The van der Waals surface area contributed by atoms with Crippen LogP contribution in [0.5, 0.6) is 0 Å². The van der Waals surface area contributed by atoms with Crippen molar-refractivity contribution in [3.05, 3.63) is 6.42 Å². The molecule has 0 rings (SSSR count). The first-order valence-corrected chi connectivity index (χ1v) is 3.36. The Morgan fingerprint density at radius 1 is 1.42 bits per heavy atom. The number of hydrogen-bond donors (Lipinski definition) is 1. The first-order chi connectivity index (χ1) is 5.65.